The van der Waals surface area contributed by atoms with Gasteiger partial charge < -0.3 is 9.47 Å². The molecule has 5 nitrogen and oxygen atoms in total. The Bertz CT molecular complexity index is 682. The summed E-state index contributed by atoms with van der Waals surface area (Å²) in [5.41, 5.74) is 1.81. The fourth-order valence-corrected chi connectivity index (χ4v) is 2.71. The Morgan fingerprint density at radius 3 is 2.81 bits per heavy atom. The minimum absolute atomic E-state index is 0.168. The molecule has 3 rings (SSSR count). The van der Waals surface area contributed by atoms with Gasteiger partial charge in [0.2, 0.25) is 5.76 Å². The molecular formula is C14H11BrN2O3S. The lowest BCUT2D eigenvalue weighted by atomic mass is 10.2. The molecule has 1 amide bonds. The van der Waals surface area contributed by atoms with Crippen molar-refractivity contribution in [3.05, 3.63) is 46.1 Å². The number of aromatic nitrogens is 1. The highest BCUT2D eigenvalue weighted by atomic mass is 79.9. The molecular weight excluding hydrogens is 356 g/mol. The summed E-state index contributed by atoms with van der Waals surface area (Å²) in [7, 11) is 0. The molecule has 0 aliphatic carbocycles. The predicted octanol–water partition coefficient (Wildman–Crippen LogP) is 3.40. The smallest absolute Gasteiger partial charge is 0.295 e. The lowest BCUT2D eigenvalue weighted by Crippen LogP contribution is -2.21. The maximum Gasteiger partial charge on any atom is 0.295 e. The van der Waals surface area contributed by atoms with E-state index in [1.807, 2.05) is 29.6 Å². The summed E-state index contributed by atoms with van der Waals surface area (Å²) in [5, 5.41) is 5.11. The van der Waals surface area contributed by atoms with Crippen molar-refractivity contribution in [1.82, 2.24) is 4.98 Å². The van der Waals surface area contributed by atoms with Crippen molar-refractivity contribution < 1.29 is 14.3 Å². The largest absolute Gasteiger partial charge is 0.494 e. The first kappa shape index (κ1) is 14.1. The van der Waals surface area contributed by atoms with E-state index in [4.69, 9.17) is 9.47 Å². The number of halogens is 1. The van der Waals surface area contributed by atoms with Crippen molar-refractivity contribution in [3.8, 4) is 11.3 Å². The number of ether oxygens (including phenoxy) is 2. The van der Waals surface area contributed by atoms with Crippen molar-refractivity contribution in [2.24, 2.45) is 0 Å². The average Bonchev–Trinajstić information content (AvgIpc) is 2.97. The number of thiazole rings is 1. The summed E-state index contributed by atoms with van der Waals surface area (Å²) in [6.45, 7) is 0.836. The van der Waals surface area contributed by atoms with Crippen LogP contribution in [0.15, 0.2) is 46.1 Å². The lowest BCUT2D eigenvalue weighted by Gasteiger charge is -2.14. The number of nitrogens with zero attached hydrogens (tertiary/aromatic N) is 1. The molecule has 0 saturated heterocycles. The van der Waals surface area contributed by atoms with Gasteiger partial charge >= 0.3 is 0 Å². The van der Waals surface area contributed by atoms with E-state index in [-0.39, 0.29) is 11.7 Å². The first-order chi connectivity index (χ1) is 10.2. The lowest BCUT2D eigenvalue weighted by molar-refractivity contribution is -0.117. The van der Waals surface area contributed by atoms with Gasteiger partial charge in [0, 0.05) is 15.4 Å². The molecule has 0 spiro atoms. The van der Waals surface area contributed by atoms with Gasteiger partial charge in [-0.15, -0.1) is 11.3 Å². The van der Waals surface area contributed by atoms with Crippen LogP contribution in [0.1, 0.15) is 0 Å². The van der Waals surface area contributed by atoms with Crippen LogP contribution in [0.5, 0.6) is 0 Å². The quantitative estimate of drug-likeness (QED) is 0.904. The normalized spacial score (nSPS) is 13.9. The highest BCUT2D eigenvalue weighted by Crippen LogP contribution is 2.26. The second kappa shape index (κ2) is 6.28. The van der Waals surface area contributed by atoms with E-state index < -0.39 is 0 Å². The number of hydrogen-bond donors (Lipinski definition) is 1. The zero-order valence-corrected chi connectivity index (χ0v) is 13.2. The Morgan fingerprint density at radius 1 is 1.29 bits per heavy atom. The zero-order chi connectivity index (χ0) is 14.7. The SMILES string of the molecule is O=C(Nc1nc(-c2ccc(Br)cc2)cs1)C1=COCCO1. The predicted molar refractivity (Wildman–Crippen MR) is 83.9 cm³/mol. The Labute approximate surface area is 133 Å². The standard InChI is InChI=1S/C14H11BrN2O3S/c15-10-3-1-9(2-4-10)11-8-21-14(16-11)17-13(18)12-7-19-5-6-20-12/h1-4,7-8H,5-6H2,(H,16,17,18). The van der Waals surface area contributed by atoms with Gasteiger partial charge in [-0.05, 0) is 12.1 Å². The van der Waals surface area contributed by atoms with Gasteiger partial charge in [0.15, 0.2) is 5.13 Å². The molecule has 0 fully saturated rings. The molecule has 0 bridgehead atoms. The molecule has 1 N–H and O–H groups in total. The molecule has 0 atom stereocenters. The monoisotopic (exact) mass is 366 g/mol. The third kappa shape index (κ3) is 3.43. The number of amides is 1. The third-order valence-corrected chi connectivity index (χ3v) is 4.02. The fraction of sp³-hybridized carbons (Fsp3) is 0.143. The molecule has 2 aromatic rings. The van der Waals surface area contributed by atoms with Gasteiger partial charge in [0.1, 0.15) is 19.5 Å². The number of nitrogens with one attached hydrogen (secondary N) is 1. The number of carbonyl (C=O) groups is 1. The van der Waals surface area contributed by atoms with Crippen LogP contribution in [0.2, 0.25) is 0 Å². The summed E-state index contributed by atoms with van der Waals surface area (Å²) in [6.07, 6.45) is 1.32. The molecule has 0 saturated carbocycles. The van der Waals surface area contributed by atoms with Gasteiger partial charge in [0.25, 0.3) is 5.91 Å². The Balaban J connectivity index is 1.71. The molecule has 7 heteroatoms. The van der Waals surface area contributed by atoms with Crippen LogP contribution in [0, 0.1) is 0 Å². The molecule has 0 radical (unpaired) electrons. The van der Waals surface area contributed by atoms with Crippen molar-refractivity contribution in [1.29, 1.82) is 0 Å². The number of anilines is 1. The molecule has 0 unspecified atom stereocenters. The van der Waals surface area contributed by atoms with Crippen LogP contribution in [0.25, 0.3) is 11.3 Å². The minimum atomic E-state index is -0.355. The van der Waals surface area contributed by atoms with Gasteiger partial charge in [-0.3, -0.25) is 10.1 Å². The third-order valence-electron chi connectivity index (χ3n) is 2.74. The number of benzene rings is 1. The second-order valence-corrected chi connectivity index (χ2v) is 5.97. The second-order valence-electron chi connectivity index (χ2n) is 4.20. The Kier molecular flexibility index (Phi) is 4.21. The van der Waals surface area contributed by atoms with Gasteiger partial charge in [-0.25, -0.2) is 4.98 Å². The van der Waals surface area contributed by atoms with E-state index in [2.05, 4.69) is 26.2 Å². The van der Waals surface area contributed by atoms with Crippen LogP contribution in [-0.2, 0) is 14.3 Å². The average molecular weight is 367 g/mol. The Morgan fingerprint density at radius 2 is 2.10 bits per heavy atom. The maximum absolute atomic E-state index is 11.9. The van der Waals surface area contributed by atoms with E-state index in [1.54, 1.807) is 0 Å². The van der Waals surface area contributed by atoms with E-state index in [9.17, 15) is 4.79 Å². The highest BCUT2D eigenvalue weighted by molar-refractivity contribution is 9.10. The number of rotatable bonds is 3. The highest BCUT2D eigenvalue weighted by Gasteiger charge is 2.16. The number of hydrogen-bond acceptors (Lipinski definition) is 5. The van der Waals surface area contributed by atoms with Crippen molar-refractivity contribution in [2.45, 2.75) is 0 Å². The van der Waals surface area contributed by atoms with Crippen LogP contribution >= 0.6 is 27.3 Å². The molecule has 1 aromatic carbocycles. The molecule has 108 valence electrons. The number of carbonyl (C=O) groups excluding carboxylic acids is 1. The van der Waals surface area contributed by atoms with Crippen LogP contribution in [0.3, 0.4) is 0 Å². The van der Waals surface area contributed by atoms with E-state index in [1.165, 1.54) is 17.6 Å². The first-order valence-corrected chi connectivity index (χ1v) is 7.87. The topological polar surface area (TPSA) is 60.5 Å². The Hall–Kier alpha value is -1.86. The molecule has 1 aromatic heterocycles. The van der Waals surface area contributed by atoms with Crippen molar-refractivity contribution in [3.63, 3.8) is 0 Å². The summed E-state index contributed by atoms with van der Waals surface area (Å²) in [6, 6.07) is 7.83. The summed E-state index contributed by atoms with van der Waals surface area (Å²) < 4.78 is 11.3. The first-order valence-electron chi connectivity index (χ1n) is 6.20. The van der Waals surface area contributed by atoms with Crippen LogP contribution in [0.4, 0.5) is 5.13 Å². The maximum atomic E-state index is 11.9. The molecule has 2 heterocycles. The van der Waals surface area contributed by atoms with E-state index in [0.29, 0.717) is 18.3 Å². The summed E-state index contributed by atoms with van der Waals surface area (Å²) in [5.74, 6) is -0.187. The summed E-state index contributed by atoms with van der Waals surface area (Å²) in [4.78, 5) is 16.3. The minimum Gasteiger partial charge on any atom is -0.494 e. The van der Waals surface area contributed by atoms with Crippen LogP contribution < -0.4 is 5.32 Å². The zero-order valence-electron chi connectivity index (χ0n) is 10.8. The van der Waals surface area contributed by atoms with Crippen molar-refractivity contribution in [2.75, 3.05) is 18.5 Å². The molecule has 1 aliphatic heterocycles. The van der Waals surface area contributed by atoms with Crippen molar-refractivity contribution >= 4 is 38.3 Å². The van der Waals surface area contributed by atoms with E-state index in [0.717, 1.165) is 15.7 Å². The van der Waals surface area contributed by atoms with Gasteiger partial charge in [-0.1, -0.05) is 28.1 Å². The summed E-state index contributed by atoms with van der Waals surface area (Å²) >= 11 is 4.76. The van der Waals surface area contributed by atoms with Gasteiger partial charge in [0.05, 0.1) is 5.69 Å². The molecule has 21 heavy (non-hydrogen) atoms. The molecule has 1 aliphatic rings. The van der Waals surface area contributed by atoms with Crippen LogP contribution in [-0.4, -0.2) is 24.1 Å². The fourth-order valence-electron chi connectivity index (χ4n) is 1.73. The van der Waals surface area contributed by atoms with E-state index >= 15 is 0 Å². The van der Waals surface area contributed by atoms with Gasteiger partial charge in [-0.2, -0.15) is 0 Å².